The maximum atomic E-state index is 11.4. The number of aliphatic hydroxyl groups is 1. The van der Waals surface area contributed by atoms with Crippen molar-refractivity contribution in [3.8, 4) is 0 Å². The van der Waals surface area contributed by atoms with Gasteiger partial charge in [0.1, 0.15) is 6.23 Å². The Labute approximate surface area is 132 Å². The molecular weight excluding hydrogens is 280 g/mol. The summed E-state index contributed by atoms with van der Waals surface area (Å²) in [6, 6.07) is 6.82. The molecule has 1 aliphatic heterocycles. The summed E-state index contributed by atoms with van der Waals surface area (Å²) < 4.78 is 4.65. The van der Waals surface area contributed by atoms with Crippen molar-refractivity contribution < 1.29 is 14.6 Å². The lowest BCUT2D eigenvalue weighted by Crippen LogP contribution is -2.32. The molecule has 1 unspecified atom stereocenters. The van der Waals surface area contributed by atoms with Crippen LogP contribution in [-0.4, -0.2) is 49.3 Å². The van der Waals surface area contributed by atoms with Crippen molar-refractivity contribution in [2.45, 2.75) is 31.9 Å². The van der Waals surface area contributed by atoms with Crippen LogP contribution in [0.3, 0.4) is 0 Å². The van der Waals surface area contributed by atoms with Gasteiger partial charge in [0, 0.05) is 0 Å². The van der Waals surface area contributed by atoms with Crippen molar-refractivity contribution >= 4 is 5.97 Å². The van der Waals surface area contributed by atoms with Gasteiger partial charge in [-0.1, -0.05) is 18.6 Å². The number of hydrogen-bond acceptors (Lipinski definition) is 5. The Kier molecular flexibility index (Phi) is 6.83. The minimum atomic E-state index is -0.701. The van der Waals surface area contributed by atoms with Crippen molar-refractivity contribution in [3.63, 3.8) is 0 Å². The van der Waals surface area contributed by atoms with E-state index in [9.17, 15) is 9.90 Å². The Balaban J connectivity index is 1.70. The number of nitrogens with zero attached hydrogens (tertiary/aromatic N) is 1. The number of ether oxygens (including phenoxy) is 1. The second kappa shape index (κ2) is 8.88. The monoisotopic (exact) mass is 306 g/mol. The average Bonchev–Trinajstić information content (AvgIpc) is 2.59. The minimum Gasteiger partial charge on any atom is -0.465 e. The number of methoxy groups -OCH3 is 1. The molecule has 2 N–H and O–H groups in total. The fraction of sp³-hybridized carbons (Fsp3) is 0.588. The molecule has 1 aromatic rings. The van der Waals surface area contributed by atoms with Crippen LogP contribution in [0.25, 0.3) is 0 Å². The molecule has 0 aromatic heterocycles. The van der Waals surface area contributed by atoms with Crippen LogP contribution in [0.5, 0.6) is 0 Å². The van der Waals surface area contributed by atoms with Gasteiger partial charge >= 0.3 is 5.97 Å². The van der Waals surface area contributed by atoms with Crippen LogP contribution in [0, 0.1) is 0 Å². The van der Waals surface area contributed by atoms with E-state index in [0.717, 1.165) is 25.1 Å². The normalized spacial score (nSPS) is 17.2. The number of rotatable bonds is 7. The van der Waals surface area contributed by atoms with Crippen molar-refractivity contribution in [1.29, 1.82) is 0 Å². The van der Waals surface area contributed by atoms with Gasteiger partial charge in [-0.2, -0.15) is 0 Å². The van der Waals surface area contributed by atoms with E-state index in [1.54, 1.807) is 24.3 Å². The van der Waals surface area contributed by atoms with E-state index in [0.29, 0.717) is 5.56 Å². The highest BCUT2D eigenvalue weighted by atomic mass is 16.5. The number of benzene rings is 1. The van der Waals surface area contributed by atoms with Crippen molar-refractivity contribution in [2.75, 3.05) is 33.3 Å². The molecule has 5 heteroatoms. The molecule has 0 amide bonds. The molecule has 2 rings (SSSR count). The summed E-state index contributed by atoms with van der Waals surface area (Å²) in [5.74, 6) is -0.365. The lowest BCUT2D eigenvalue weighted by atomic mass is 10.1. The van der Waals surface area contributed by atoms with Gasteiger partial charge < -0.3 is 14.7 Å². The highest BCUT2D eigenvalue weighted by molar-refractivity contribution is 5.89. The van der Waals surface area contributed by atoms with Crippen molar-refractivity contribution in [1.82, 2.24) is 10.2 Å². The lowest BCUT2D eigenvalue weighted by molar-refractivity contribution is 0.0600. The number of piperidine rings is 1. The highest BCUT2D eigenvalue weighted by Gasteiger charge is 2.11. The Hall–Kier alpha value is -1.43. The van der Waals surface area contributed by atoms with Crippen LogP contribution < -0.4 is 5.32 Å². The van der Waals surface area contributed by atoms with E-state index in [-0.39, 0.29) is 5.97 Å². The van der Waals surface area contributed by atoms with Gasteiger partial charge in [0.15, 0.2) is 0 Å². The van der Waals surface area contributed by atoms with Gasteiger partial charge in [-0.05, 0) is 63.1 Å². The summed E-state index contributed by atoms with van der Waals surface area (Å²) in [6.45, 7) is 4.27. The molecule has 1 atom stereocenters. The average molecular weight is 306 g/mol. The Morgan fingerprint density at radius 3 is 2.59 bits per heavy atom. The second-order valence-corrected chi connectivity index (χ2v) is 5.73. The molecule has 1 heterocycles. The van der Waals surface area contributed by atoms with E-state index in [2.05, 4.69) is 15.0 Å². The van der Waals surface area contributed by atoms with E-state index >= 15 is 0 Å². The predicted molar refractivity (Wildman–Crippen MR) is 85.7 cm³/mol. The summed E-state index contributed by atoms with van der Waals surface area (Å²) in [5.41, 5.74) is 1.24. The predicted octanol–water partition coefficient (Wildman–Crippen LogP) is 1.93. The SMILES string of the molecule is COC(=O)c1ccc(C(O)NCCCN2CCCCC2)cc1. The molecule has 0 bridgehead atoms. The molecular formula is C17H26N2O3. The maximum absolute atomic E-state index is 11.4. The van der Waals surface area contributed by atoms with E-state index in [1.165, 1.54) is 39.5 Å². The van der Waals surface area contributed by atoms with Crippen LogP contribution in [0.2, 0.25) is 0 Å². The summed E-state index contributed by atoms with van der Waals surface area (Å²) in [5, 5.41) is 13.2. The molecule has 22 heavy (non-hydrogen) atoms. The van der Waals surface area contributed by atoms with E-state index < -0.39 is 6.23 Å². The molecule has 0 radical (unpaired) electrons. The second-order valence-electron chi connectivity index (χ2n) is 5.73. The van der Waals surface area contributed by atoms with Crippen LogP contribution in [0.15, 0.2) is 24.3 Å². The third-order valence-corrected chi connectivity index (χ3v) is 4.09. The maximum Gasteiger partial charge on any atom is 0.337 e. The smallest absolute Gasteiger partial charge is 0.337 e. The summed E-state index contributed by atoms with van der Waals surface area (Å²) in [6.07, 6.45) is 4.30. The highest BCUT2D eigenvalue weighted by Crippen LogP contribution is 2.12. The van der Waals surface area contributed by atoms with Crippen LogP contribution in [0.4, 0.5) is 0 Å². The number of carbonyl (C=O) groups excluding carboxylic acids is 1. The standard InChI is InChI=1S/C17H26N2O3/c1-22-17(21)15-8-6-14(7-9-15)16(20)18-10-5-13-19-11-3-2-4-12-19/h6-9,16,18,20H,2-5,10-13H2,1H3. The first kappa shape index (κ1) is 16.9. The van der Waals surface area contributed by atoms with Gasteiger partial charge in [-0.3, -0.25) is 5.32 Å². The third-order valence-electron chi connectivity index (χ3n) is 4.09. The molecule has 1 saturated heterocycles. The summed E-state index contributed by atoms with van der Waals surface area (Å²) >= 11 is 0. The summed E-state index contributed by atoms with van der Waals surface area (Å²) in [7, 11) is 1.36. The van der Waals surface area contributed by atoms with Gasteiger partial charge in [0.25, 0.3) is 0 Å². The van der Waals surface area contributed by atoms with Crippen LogP contribution >= 0.6 is 0 Å². The van der Waals surface area contributed by atoms with Gasteiger partial charge in [-0.25, -0.2) is 4.79 Å². The third kappa shape index (κ3) is 5.09. The molecule has 1 aromatic carbocycles. The molecule has 0 saturated carbocycles. The molecule has 0 aliphatic carbocycles. The van der Waals surface area contributed by atoms with Crippen molar-refractivity contribution in [3.05, 3.63) is 35.4 Å². The van der Waals surface area contributed by atoms with E-state index in [4.69, 9.17) is 0 Å². The first-order valence-corrected chi connectivity index (χ1v) is 8.03. The number of carbonyl (C=O) groups is 1. The Morgan fingerprint density at radius 1 is 1.27 bits per heavy atom. The first-order chi connectivity index (χ1) is 10.7. The van der Waals surface area contributed by atoms with E-state index in [1.807, 2.05) is 0 Å². The molecule has 1 aliphatic rings. The molecule has 5 nitrogen and oxygen atoms in total. The Morgan fingerprint density at radius 2 is 1.95 bits per heavy atom. The zero-order valence-electron chi connectivity index (χ0n) is 13.3. The number of nitrogens with one attached hydrogen (secondary N) is 1. The topological polar surface area (TPSA) is 61.8 Å². The van der Waals surface area contributed by atoms with Gasteiger partial charge in [0.2, 0.25) is 0 Å². The number of likely N-dealkylation sites (tertiary alicyclic amines) is 1. The zero-order valence-corrected chi connectivity index (χ0v) is 13.3. The number of hydrogen-bond donors (Lipinski definition) is 2. The summed E-state index contributed by atoms with van der Waals surface area (Å²) in [4.78, 5) is 13.8. The number of esters is 1. The molecule has 0 spiro atoms. The Bertz CT molecular complexity index is 455. The fourth-order valence-electron chi connectivity index (χ4n) is 2.76. The van der Waals surface area contributed by atoms with Crippen LogP contribution in [-0.2, 0) is 4.74 Å². The lowest BCUT2D eigenvalue weighted by Gasteiger charge is -2.26. The van der Waals surface area contributed by atoms with Crippen molar-refractivity contribution in [2.24, 2.45) is 0 Å². The zero-order chi connectivity index (χ0) is 15.8. The quantitative estimate of drug-likeness (QED) is 0.458. The molecule has 1 fully saturated rings. The van der Waals surface area contributed by atoms with Gasteiger partial charge in [0.05, 0.1) is 12.7 Å². The minimum absolute atomic E-state index is 0.365. The molecule has 122 valence electrons. The van der Waals surface area contributed by atoms with Crippen LogP contribution in [0.1, 0.15) is 47.8 Å². The fourth-order valence-corrected chi connectivity index (χ4v) is 2.76. The number of aliphatic hydroxyl groups excluding tert-OH is 1. The van der Waals surface area contributed by atoms with Gasteiger partial charge in [-0.15, -0.1) is 0 Å². The largest absolute Gasteiger partial charge is 0.465 e. The first-order valence-electron chi connectivity index (χ1n) is 8.03.